The lowest BCUT2D eigenvalue weighted by Gasteiger charge is -2.07. The highest BCUT2D eigenvalue weighted by molar-refractivity contribution is 6.35. The van der Waals surface area contributed by atoms with Crippen LogP contribution < -0.4 is 5.32 Å². The molecule has 0 heterocycles. The predicted molar refractivity (Wildman–Crippen MR) is 96.3 cm³/mol. The molecule has 0 unspecified atom stereocenters. The second-order valence-corrected chi connectivity index (χ2v) is 5.87. The first kappa shape index (κ1) is 18.0. The van der Waals surface area contributed by atoms with Crippen molar-refractivity contribution >= 4 is 46.8 Å². The Morgan fingerprint density at radius 1 is 1.12 bits per heavy atom. The number of nitrogens with one attached hydrogen (secondary N) is 1. The molecule has 0 fully saturated rings. The molecule has 0 atom stereocenters. The Labute approximate surface area is 150 Å². The molecule has 0 spiro atoms. The standard InChI is InChI=1S/C18H15Cl2NO3/c1-12-2-4-13(5-3-12)6-9-18(23)24-11-17(22)21-16-10-14(19)7-8-15(16)20/h2-10H,11H2,1H3,(H,21,22). The number of ether oxygens (including phenoxy) is 1. The van der Waals surface area contributed by atoms with Crippen molar-refractivity contribution in [3.63, 3.8) is 0 Å². The van der Waals surface area contributed by atoms with Crippen LogP contribution in [0.25, 0.3) is 6.08 Å². The number of aryl methyl sites for hydroxylation is 1. The Bertz CT molecular complexity index is 770. The summed E-state index contributed by atoms with van der Waals surface area (Å²) in [5.41, 5.74) is 2.36. The van der Waals surface area contributed by atoms with Gasteiger partial charge in [0.2, 0.25) is 0 Å². The molecule has 1 amide bonds. The van der Waals surface area contributed by atoms with Crippen molar-refractivity contribution in [3.8, 4) is 0 Å². The van der Waals surface area contributed by atoms with Gasteiger partial charge < -0.3 is 10.1 Å². The van der Waals surface area contributed by atoms with Gasteiger partial charge in [-0.1, -0.05) is 53.0 Å². The third kappa shape index (κ3) is 5.72. The van der Waals surface area contributed by atoms with Gasteiger partial charge in [-0.25, -0.2) is 4.79 Å². The number of carbonyl (C=O) groups is 2. The molecule has 0 aliphatic carbocycles. The molecule has 2 aromatic carbocycles. The van der Waals surface area contributed by atoms with Crippen LogP contribution >= 0.6 is 23.2 Å². The van der Waals surface area contributed by atoms with E-state index in [0.29, 0.717) is 15.7 Å². The van der Waals surface area contributed by atoms with Gasteiger partial charge in [0.25, 0.3) is 5.91 Å². The minimum absolute atomic E-state index is 0.346. The highest BCUT2D eigenvalue weighted by atomic mass is 35.5. The number of carbonyl (C=O) groups excluding carboxylic acids is 2. The van der Waals surface area contributed by atoms with Crippen LogP contribution in [-0.4, -0.2) is 18.5 Å². The molecule has 2 rings (SSSR count). The van der Waals surface area contributed by atoms with Crippen molar-refractivity contribution in [3.05, 3.63) is 69.7 Å². The quantitative estimate of drug-likeness (QED) is 0.628. The molecule has 6 heteroatoms. The van der Waals surface area contributed by atoms with Crippen LogP contribution in [0.15, 0.2) is 48.5 Å². The van der Waals surface area contributed by atoms with E-state index < -0.39 is 18.5 Å². The first-order valence-corrected chi connectivity index (χ1v) is 7.86. The number of benzene rings is 2. The summed E-state index contributed by atoms with van der Waals surface area (Å²) in [4.78, 5) is 23.4. The molecule has 24 heavy (non-hydrogen) atoms. The molecule has 0 saturated carbocycles. The van der Waals surface area contributed by atoms with Crippen LogP contribution in [0, 0.1) is 6.92 Å². The fourth-order valence-corrected chi connectivity index (χ4v) is 2.14. The molecule has 4 nitrogen and oxygen atoms in total. The van der Waals surface area contributed by atoms with Crippen molar-refractivity contribution < 1.29 is 14.3 Å². The monoisotopic (exact) mass is 363 g/mol. The highest BCUT2D eigenvalue weighted by Gasteiger charge is 2.08. The lowest BCUT2D eigenvalue weighted by molar-refractivity contribution is -0.142. The molecule has 0 bridgehead atoms. The predicted octanol–water partition coefficient (Wildman–Crippen LogP) is 4.50. The van der Waals surface area contributed by atoms with Crippen LogP contribution in [0.1, 0.15) is 11.1 Å². The summed E-state index contributed by atoms with van der Waals surface area (Å²) in [7, 11) is 0. The second kappa shape index (κ2) is 8.52. The van der Waals surface area contributed by atoms with E-state index in [-0.39, 0.29) is 0 Å². The van der Waals surface area contributed by atoms with Crippen molar-refractivity contribution in [1.29, 1.82) is 0 Å². The van der Waals surface area contributed by atoms with Gasteiger partial charge in [-0.15, -0.1) is 0 Å². The summed E-state index contributed by atoms with van der Waals surface area (Å²) in [6.45, 7) is 1.56. The zero-order valence-corrected chi connectivity index (χ0v) is 14.4. The van der Waals surface area contributed by atoms with E-state index in [2.05, 4.69) is 5.32 Å². The normalized spacial score (nSPS) is 10.6. The first-order chi connectivity index (χ1) is 11.4. The van der Waals surface area contributed by atoms with Crippen molar-refractivity contribution in [2.75, 3.05) is 11.9 Å². The summed E-state index contributed by atoms with van der Waals surface area (Å²) in [6.07, 6.45) is 2.89. The molecule has 0 aromatic heterocycles. The van der Waals surface area contributed by atoms with Gasteiger partial charge in [-0.2, -0.15) is 0 Å². The number of hydrogen-bond acceptors (Lipinski definition) is 3. The topological polar surface area (TPSA) is 55.4 Å². The van der Waals surface area contributed by atoms with Crippen LogP contribution in [0.2, 0.25) is 10.0 Å². The maximum atomic E-state index is 11.8. The van der Waals surface area contributed by atoms with Crippen LogP contribution in [0.4, 0.5) is 5.69 Å². The zero-order chi connectivity index (χ0) is 17.5. The summed E-state index contributed by atoms with van der Waals surface area (Å²) >= 11 is 11.8. The minimum atomic E-state index is -0.608. The molecular weight excluding hydrogens is 349 g/mol. The fraction of sp³-hybridized carbons (Fsp3) is 0.111. The van der Waals surface area contributed by atoms with Gasteiger partial charge in [0.05, 0.1) is 10.7 Å². The average Bonchev–Trinajstić information content (AvgIpc) is 2.56. The van der Waals surface area contributed by atoms with Gasteiger partial charge >= 0.3 is 5.97 Å². The SMILES string of the molecule is Cc1ccc(C=CC(=O)OCC(=O)Nc2cc(Cl)ccc2Cl)cc1. The van der Waals surface area contributed by atoms with E-state index in [9.17, 15) is 9.59 Å². The van der Waals surface area contributed by atoms with Gasteiger partial charge in [-0.3, -0.25) is 4.79 Å². The van der Waals surface area contributed by atoms with Gasteiger partial charge in [-0.05, 0) is 36.8 Å². The summed E-state index contributed by atoms with van der Waals surface area (Å²) in [5, 5.41) is 3.31. The largest absolute Gasteiger partial charge is 0.452 e. The van der Waals surface area contributed by atoms with E-state index >= 15 is 0 Å². The Hall–Kier alpha value is -2.30. The highest BCUT2D eigenvalue weighted by Crippen LogP contribution is 2.25. The summed E-state index contributed by atoms with van der Waals surface area (Å²) in [6, 6.07) is 12.3. The van der Waals surface area contributed by atoms with Crippen LogP contribution in [-0.2, 0) is 14.3 Å². The first-order valence-electron chi connectivity index (χ1n) is 7.10. The molecule has 0 aliphatic rings. The van der Waals surface area contributed by atoms with E-state index in [1.165, 1.54) is 12.1 Å². The summed E-state index contributed by atoms with van der Waals surface area (Å²) < 4.78 is 4.88. The molecule has 124 valence electrons. The van der Waals surface area contributed by atoms with E-state index in [1.54, 1.807) is 18.2 Å². The van der Waals surface area contributed by atoms with E-state index in [4.69, 9.17) is 27.9 Å². The number of amides is 1. The lowest BCUT2D eigenvalue weighted by atomic mass is 10.1. The van der Waals surface area contributed by atoms with Crippen molar-refractivity contribution in [1.82, 2.24) is 0 Å². The Morgan fingerprint density at radius 2 is 1.83 bits per heavy atom. The number of anilines is 1. The van der Waals surface area contributed by atoms with Crippen LogP contribution in [0.5, 0.6) is 0 Å². The number of hydrogen-bond donors (Lipinski definition) is 1. The zero-order valence-electron chi connectivity index (χ0n) is 12.9. The van der Waals surface area contributed by atoms with E-state index in [0.717, 1.165) is 11.1 Å². The number of halogens is 2. The molecule has 0 radical (unpaired) electrons. The summed E-state index contributed by atoms with van der Waals surface area (Å²) in [5.74, 6) is -1.11. The number of esters is 1. The average molecular weight is 364 g/mol. The molecular formula is C18H15Cl2NO3. The maximum Gasteiger partial charge on any atom is 0.331 e. The molecule has 0 saturated heterocycles. The Kier molecular flexibility index (Phi) is 6.41. The van der Waals surface area contributed by atoms with Gasteiger partial charge in [0, 0.05) is 11.1 Å². The fourth-order valence-electron chi connectivity index (χ4n) is 1.81. The second-order valence-electron chi connectivity index (χ2n) is 5.02. The van der Waals surface area contributed by atoms with Crippen LogP contribution in [0.3, 0.4) is 0 Å². The minimum Gasteiger partial charge on any atom is -0.452 e. The third-order valence-corrected chi connectivity index (χ3v) is 3.60. The third-order valence-electron chi connectivity index (χ3n) is 3.04. The van der Waals surface area contributed by atoms with Gasteiger partial charge in [0.1, 0.15) is 0 Å². The number of rotatable bonds is 5. The smallest absolute Gasteiger partial charge is 0.331 e. The Balaban J connectivity index is 1.83. The van der Waals surface area contributed by atoms with E-state index in [1.807, 2.05) is 31.2 Å². The molecule has 2 aromatic rings. The maximum absolute atomic E-state index is 11.8. The molecule has 0 aliphatic heterocycles. The lowest BCUT2D eigenvalue weighted by Crippen LogP contribution is -2.20. The van der Waals surface area contributed by atoms with Gasteiger partial charge in [0.15, 0.2) is 6.61 Å². The molecule has 1 N–H and O–H groups in total. The van der Waals surface area contributed by atoms with Crippen molar-refractivity contribution in [2.24, 2.45) is 0 Å². The Morgan fingerprint density at radius 3 is 2.54 bits per heavy atom. The van der Waals surface area contributed by atoms with Crippen molar-refractivity contribution in [2.45, 2.75) is 6.92 Å².